The lowest BCUT2D eigenvalue weighted by molar-refractivity contribution is 0.0682. The first kappa shape index (κ1) is 17.5. The summed E-state index contributed by atoms with van der Waals surface area (Å²) in [6.07, 6.45) is 0. The van der Waals surface area contributed by atoms with Crippen LogP contribution in [0.1, 0.15) is 20.8 Å². The Bertz CT molecular complexity index is 187. The van der Waals surface area contributed by atoms with Gasteiger partial charge in [-0.2, -0.15) is 50.5 Å². The molecule has 0 atom stereocenters. The Kier molecular flexibility index (Phi) is 8.56. The van der Waals surface area contributed by atoms with Crippen molar-refractivity contribution in [2.24, 2.45) is 0 Å². The van der Waals surface area contributed by atoms with Crippen molar-refractivity contribution in [1.29, 1.82) is 0 Å². The van der Waals surface area contributed by atoms with Crippen LogP contribution in [-0.4, -0.2) is 36.9 Å². The second-order valence-electron chi connectivity index (χ2n) is 2.96. The average molecular weight is 321 g/mol. The largest absolute Gasteiger partial charge is 0.530 e. The van der Waals surface area contributed by atoms with Crippen molar-refractivity contribution in [3.8, 4) is 0 Å². The quantitative estimate of drug-likeness (QED) is 0.314. The van der Waals surface area contributed by atoms with E-state index in [-0.39, 0.29) is 0 Å². The van der Waals surface area contributed by atoms with E-state index in [1.54, 1.807) is 0 Å². The van der Waals surface area contributed by atoms with E-state index in [9.17, 15) is 0 Å². The summed E-state index contributed by atoms with van der Waals surface area (Å²) in [6.45, 7) is 7.06. The third-order valence-electron chi connectivity index (χ3n) is 1.81. The fourth-order valence-corrected chi connectivity index (χ4v) is 5.63. The molecular weight excluding hydrogens is 300 g/mol. The van der Waals surface area contributed by atoms with Gasteiger partial charge in [-0.1, -0.05) is 0 Å². The third-order valence-corrected chi connectivity index (χ3v) is 9.24. The molecule has 0 saturated heterocycles. The number of thiol groups is 4. The van der Waals surface area contributed by atoms with Crippen LogP contribution in [-0.2, 0) is 13.3 Å². The Labute approximate surface area is 121 Å². The summed E-state index contributed by atoms with van der Waals surface area (Å²) in [5, 5.41) is 0. The normalized spacial score (nSPS) is 13.5. The molecule has 0 spiro atoms. The van der Waals surface area contributed by atoms with Crippen LogP contribution in [0.5, 0.6) is 0 Å². The second-order valence-corrected chi connectivity index (χ2v) is 9.77. The van der Waals surface area contributed by atoms with Gasteiger partial charge >= 0.3 is 8.80 Å². The Morgan fingerprint density at radius 1 is 0.938 bits per heavy atom. The van der Waals surface area contributed by atoms with E-state index in [0.717, 1.165) is 0 Å². The van der Waals surface area contributed by atoms with Gasteiger partial charge in [0.2, 0.25) is 0 Å². The second kappa shape index (κ2) is 7.83. The predicted octanol–water partition coefficient (Wildman–Crippen LogP) is 2.32. The molecule has 98 valence electrons. The van der Waals surface area contributed by atoms with Crippen molar-refractivity contribution in [2.45, 2.75) is 29.1 Å². The summed E-state index contributed by atoms with van der Waals surface area (Å²) in [6, 6.07) is 0. The van der Waals surface area contributed by atoms with Crippen LogP contribution in [0.4, 0.5) is 0 Å². The highest BCUT2D eigenvalue weighted by Gasteiger charge is 2.60. The van der Waals surface area contributed by atoms with E-state index in [0.29, 0.717) is 19.8 Å². The minimum atomic E-state index is -3.01. The predicted molar refractivity (Wildman–Crippen MR) is 83.1 cm³/mol. The van der Waals surface area contributed by atoms with Gasteiger partial charge in [0.15, 0.2) is 0 Å². The highest BCUT2D eigenvalue weighted by molar-refractivity contribution is 8.09. The molecule has 0 radical (unpaired) electrons. The van der Waals surface area contributed by atoms with Crippen molar-refractivity contribution >= 4 is 59.3 Å². The standard InChI is InChI=1S/C8H20O3S4Si/c1-4-9-16(10-5-2,11-6-3)8(14,15)7(12)13/h7,12-15H,4-6H2,1-3H3. The minimum absolute atomic E-state index is 0.421. The molecule has 0 aromatic heterocycles. The Balaban J connectivity index is 5.12. The summed E-state index contributed by atoms with van der Waals surface area (Å²) in [7, 11) is -3.01. The highest BCUT2D eigenvalue weighted by atomic mass is 32.2. The molecule has 0 amide bonds. The van der Waals surface area contributed by atoms with E-state index in [4.69, 9.17) is 13.3 Å². The molecule has 0 fully saturated rings. The lowest BCUT2D eigenvalue weighted by Gasteiger charge is -2.40. The van der Waals surface area contributed by atoms with E-state index < -0.39 is 17.1 Å². The first-order valence-electron chi connectivity index (χ1n) is 5.10. The van der Waals surface area contributed by atoms with Crippen molar-refractivity contribution in [3.63, 3.8) is 0 Å². The number of rotatable bonds is 8. The van der Waals surface area contributed by atoms with Gasteiger partial charge in [-0.15, -0.1) is 0 Å². The van der Waals surface area contributed by atoms with Gasteiger partial charge in [-0.25, -0.2) is 0 Å². The van der Waals surface area contributed by atoms with Crippen molar-refractivity contribution in [3.05, 3.63) is 0 Å². The fourth-order valence-electron chi connectivity index (χ4n) is 1.17. The molecule has 0 aromatic carbocycles. The monoisotopic (exact) mass is 320 g/mol. The molecule has 3 nitrogen and oxygen atoms in total. The van der Waals surface area contributed by atoms with E-state index in [2.05, 4.69) is 50.5 Å². The van der Waals surface area contributed by atoms with Crippen molar-refractivity contribution in [1.82, 2.24) is 0 Å². The average Bonchev–Trinajstić information content (AvgIpc) is 2.18. The lowest BCUT2D eigenvalue weighted by atomic mass is 10.9. The molecule has 16 heavy (non-hydrogen) atoms. The fraction of sp³-hybridized carbons (Fsp3) is 1.00. The zero-order valence-electron chi connectivity index (χ0n) is 9.71. The van der Waals surface area contributed by atoms with Gasteiger partial charge < -0.3 is 13.3 Å². The molecule has 0 aliphatic carbocycles. The van der Waals surface area contributed by atoms with E-state index in [1.165, 1.54) is 0 Å². The van der Waals surface area contributed by atoms with Gasteiger partial charge in [-0.05, 0) is 20.8 Å². The Hall–Kier alpha value is 1.50. The molecule has 0 bridgehead atoms. The van der Waals surface area contributed by atoms with Crippen LogP contribution in [0, 0.1) is 0 Å². The van der Waals surface area contributed by atoms with Crippen LogP contribution in [0.2, 0.25) is 0 Å². The van der Waals surface area contributed by atoms with Gasteiger partial charge in [-0.3, -0.25) is 0 Å². The number of hydrogen-bond donors (Lipinski definition) is 4. The highest BCUT2D eigenvalue weighted by Crippen LogP contribution is 2.41. The van der Waals surface area contributed by atoms with Gasteiger partial charge in [0, 0.05) is 19.8 Å². The Morgan fingerprint density at radius 3 is 1.44 bits per heavy atom. The smallest absolute Gasteiger partial charge is 0.372 e. The SMILES string of the molecule is CCO[Si](OCC)(OCC)C(S)(S)C(S)S. The summed E-state index contributed by atoms with van der Waals surface area (Å²) >= 11 is 17.4. The first-order valence-corrected chi connectivity index (χ1v) is 8.75. The van der Waals surface area contributed by atoms with Crippen LogP contribution >= 0.6 is 50.5 Å². The zero-order chi connectivity index (χ0) is 12.8. The molecule has 0 rings (SSSR count). The number of hydrogen-bond acceptors (Lipinski definition) is 7. The molecular formula is C8H20O3S4Si. The van der Waals surface area contributed by atoms with Crippen molar-refractivity contribution < 1.29 is 13.3 Å². The minimum Gasteiger partial charge on any atom is -0.372 e. The molecule has 0 aromatic rings. The van der Waals surface area contributed by atoms with Crippen LogP contribution < -0.4 is 0 Å². The van der Waals surface area contributed by atoms with Crippen LogP contribution in [0.25, 0.3) is 0 Å². The molecule has 0 unspecified atom stereocenters. The first-order chi connectivity index (χ1) is 7.38. The lowest BCUT2D eigenvalue weighted by Crippen LogP contribution is -2.62. The summed E-state index contributed by atoms with van der Waals surface area (Å²) in [4.78, 5) is 0. The molecule has 0 N–H and O–H groups in total. The molecule has 0 aliphatic heterocycles. The summed E-state index contributed by atoms with van der Waals surface area (Å²) < 4.78 is 15.7. The maximum atomic E-state index is 5.68. The van der Waals surface area contributed by atoms with Gasteiger partial charge in [0.1, 0.15) is 3.70 Å². The van der Waals surface area contributed by atoms with Gasteiger partial charge in [0.05, 0.1) is 4.58 Å². The molecule has 0 aliphatic rings. The topological polar surface area (TPSA) is 27.7 Å². The zero-order valence-corrected chi connectivity index (χ0v) is 14.3. The molecule has 0 heterocycles. The van der Waals surface area contributed by atoms with E-state index >= 15 is 0 Å². The van der Waals surface area contributed by atoms with Crippen LogP contribution in [0.15, 0.2) is 0 Å². The third kappa shape index (κ3) is 4.01. The van der Waals surface area contributed by atoms with Crippen molar-refractivity contribution in [2.75, 3.05) is 19.8 Å². The van der Waals surface area contributed by atoms with Crippen LogP contribution in [0.3, 0.4) is 0 Å². The van der Waals surface area contributed by atoms with E-state index in [1.807, 2.05) is 20.8 Å². The summed E-state index contributed by atoms with van der Waals surface area (Å²) in [5.41, 5.74) is 0. The van der Waals surface area contributed by atoms with Gasteiger partial charge in [0.25, 0.3) is 0 Å². The molecule has 8 heteroatoms. The maximum Gasteiger partial charge on any atom is 0.530 e. The summed E-state index contributed by atoms with van der Waals surface area (Å²) in [5.74, 6) is 0. The molecule has 0 saturated carbocycles. The maximum absolute atomic E-state index is 5.68. The Morgan fingerprint density at radius 2 is 1.25 bits per heavy atom.